The average molecular weight is 380 g/mol. The summed E-state index contributed by atoms with van der Waals surface area (Å²) in [6.45, 7) is 0.564. The van der Waals surface area contributed by atoms with Gasteiger partial charge in [-0.15, -0.1) is 11.3 Å². The van der Waals surface area contributed by atoms with Crippen LogP contribution in [0.3, 0.4) is 0 Å². The lowest BCUT2D eigenvalue weighted by molar-refractivity contribution is 0.0951. The predicted octanol–water partition coefficient (Wildman–Crippen LogP) is 4.24. The SMILES string of the molecule is O=C(NCc1cccs1)c1ccc(CSc2nc3ccncc3[nH]2)cc1. The highest BCUT2D eigenvalue weighted by molar-refractivity contribution is 7.98. The van der Waals surface area contributed by atoms with Gasteiger partial charge in [0, 0.05) is 22.4 Å². The van der Waals surface area contributed by atoms with Crippen LogP contribution in [0.5, 0.6) is 0 Å². The van der Waals surface area contributed by atoms with Crippen molar-refractivity contribution >= 4 is 40.0 Å². The Morgan fingerprint density at radius 2 is 2.08 bits per heavy atom. The van der Waals surface area contributed by atoms with E-state index in [-0.39, 0.29) is 5.91 Å². The van der Waals surface area contributed by atoms with Crippen molar-refractivity contribution in [1.82, 2.24) is 20.3 Å². The van der Waals surface area contributed by atoms with Crippen LogP contribution < -0.4 is 5.32 Å². The number of imidazole rings is 1. The molecule has 0 saturated heterocycles. The standard InChI is InChI=1S/C19H16N4OS2/c24-18(21-10-15-2-1-9-25-15)14-5-3-13(4-6-14)12-26-19-22-16-7-8-20-11-17(16)23-19/h1-9,11H,10,12H2,(H,21,24)(H,22,23). The number of fused-ring (bicyclic) bond motifs is 1. The molecule has 1 aromatic carbocycles. The minimum Gasteiger partial charge on any atom is -0.347 e. The van der Waals surface area contributed by atoms with E-state index < -0.39 is 0 Å². The van der Waals surface area contributed by atoms with Crippen molar-refractivity contribution in [2.45, 2.75) is 17.5 Å². The fourth-order valence-electron chi connectivity index (χ4n) is 2.49. The van der Waals surface area contributed by atoms with Gasteiger partial charge in [0.15, 0.2) is 5.16 Å². The number of thioether (sulfide) groups is 1. The summed E-state index contributed by atoms with van der Waals surface area (Å²) >= 11 is 3.27. The summed E-state index contributed by atoms with van der Waals surface area (Å²) in [4.78, 5) is 25.2. The Hall–Kier alpha value is -2.64. The number of hydrogen-bond donors (Lipinski definition) is 2. The molecule has 5 nitrogen and oxygen atoms in total. The molecule has 26 heavy (non-hydrogen) atoms. The molecule has 3 aromatic heterocycles. The molecule has 0 radical (unpaired) electrons. The molecular weight excluding hydrogens is 364 g/mol. The Kier molecular flexibility index (Phi) is 4.99. The van der Waals surface area contributed by atoms with Gasteiger partial charge in [-0.05, 0) is 35.2 Å². The highest BCUT2D eigenvalue weighted by atomic mass is 32.2. The molecule has 130 valence electrons. The second kappa shape index (κ2) is 7.72. The van der Waals surface area contributed by atoms with Crippen molar-refractivity contribution < 1.29 is 4.79 Å². The first-order valence-corrected chi connectivity index (χ1v) is 9.96. The zero-order valence-electron chi connectivity index (χ0n) is 13.8. The third-order valence-electron chi connectivity index (χ3n) is 3.86. The first-order chi connectivity index (χ1) is 12.8. The molecule has 0 spiro atoms. The van der Waals surface area contributed by atoms with E-state index in [2.05, 4.69) is 20.3 Å². The molecule has 0 bridgehead atoms. The van der Waals surface area contributed by atoms with Gasteiger partial charge in [-0.2, -0.15) is 0 Å². The highest BCUT2D eigenvalue weighted by Crippen LogP contribution is 2.22. The summed E-state index contributed by atoms with van der Waals surface area (Å²) in [5.74, 6) is 0.729. The number of pyridine rings is 1. The van der Waals surface area contributed by atoms with Gasteiger partial charge in [0.2, 0.25) is 0 Å². The van der Waals surface area contributed by atoms with Gasteiger partial charge < -0.3 is 10.3 Å². The third kappa shape index (κ3) is 3.95. The first kappa shape index (κ1) is 16.8. The van der Waals surface area contributed by atoms with Gasteiger partial charge in [0.1, 0.15) is 0 Å². The van der Waals surface area contributed by atoms with E-state index in [0.29, 0.717) is 12.1 Å². The summed E-state index contributed by atoms with van der Waals surface area (Å²) in [5.41, 5.74) is 3.67. The van der Waals surface area contributed by atoms with E-state index in [1.165, 1.54) is 0 Å². The Bertz CT molecular complexity index is 977. The molecule has 0 fully saturated rings. The molecule has 0 unspecified atom stereocenters. The minimum atomic E-state index is -0.0533. The number of carbonyl (C=O) groups excluding carboxylic acids is 1. The highest BCUT2D eigenvalue weighted by Gasteiger charge is 2.07. The third-order valence-corrected chi connectivity index (χ3v) is 5.68. The number of hydrogen-bond acceptors (Lipinski definition) is 5. The zero-order chi connectivity index (χ0) is 17.8. The monoisotopic (exact) mass is 380 g/mol. The lowest BCUT2D eigenvalue weighted by atomic mass is 10.1. The summed E-state index contributed by atoms with van der Waals surface area (Å²) in [7, 11) is 0. The van der Waals surface area contributed by atoms with Crippen molar-refractivity contribution in [3.63, 3.8) is 0 Å². The quantitative estimate of drug-likeness (QED) is 0.491. The minimum absolute atomic E-state index is 0.0533. The van der Waals surface area contributed by atoms with Crippen LogP contribution in [0, 0.1) is 0 Å². The maximum Gasteiger partial charge on any atom is 0.251 e. The maximum atomic E-state index is 12.2. The first-order valence-electron chi connectivity index (χ1n) is 8.10. The topological polar surface area (TPSA) is 70.7 Å². The molecule has 3 heterocycles. The fraction of sp³-hybridized carbons (Fsp3) is 0.105. The molecule has 0 aliphatic heterocycles. The summed E-state index contributed by atoms with van der Waals surface area (Å²) in [6, 6.07) is 13.6. The van der Waals surface area contributed by atoms with E-state index in [9.17, 15) is 4.79 Å². The lowest BCUT2D eigenvalue weighted by Crippen LogP contribution is -2.22. The Labute approximate surface area is 158 Å². The van der Waals surface area contributed by atoms with E-state index in [1.807, 2.05) is 47.8 Å². The number of carbonyl (C=O) groups is 1. The van der Waals surface area contributed by atoms with Crippen LogP contribution in [0.2, 0.25) is 0 Å². The molecule has 0 aliphatic carbocycles. The van der Waals surface area contributed by atoms with Crippen LogP contribution in [0.1, 0.15) is 20.8 Å². The van der Waals surface area contributed by atoms with Gasteiger partial charge >= 0.3 is 0 Å². The number of nitrogens with zero attached hydrogens (tertiary/aromatic N) is 2. The average Bonchev–Trinajstić information content (AvgIpc) is 3.34. The number of benzene rings is 1. The summed E-state index contributed by atoms with van der Waals surface area (Å²) in [5, 5.41) is 5.81. The second-order valence-corrected chi connectivity index (χ2v) is 7.68. The number of aromatic amines is 1. The molecule has 0 aliphatic rings. The van der Waals surface area contributed by atoms with Crippen molar-refractivity contribution in [1.29, 1.82) is 0 Å². The van der Waals surface area contributed by atoms with Crippen LogP contribution in [0.4, 0.5) is 0 Å². The van der Waals surface area contributed by atoms with Gasteiger partial charge in [-0.1, -0.05) is 30.0 Å². The van der Waals surface area contributed by atoms with E-state index in [4.69, 9.17) is 0 Å². The molecule has 2 N–H and O–H groups in total. The van der Waals surface area contributed by atoms with Gasteiger partial charge in [-0.3, -0.25) is 9.78 Å². The van der Waals surface area contributed by atoms with Crippen molar-refractivity contribution in [3.8, 4) is 0 Å². The van der Waals surface area contributed by atoms with Crippen LogP contribution >= 0.6 is 23.1 Å². The van der Waals surface area contributed by atoms with Crippen molar-refractivity contribution in [3.05, 3.63) is 76.2 Å². The number of nitrogens with one attached hydrogen (secondary N) is 2. The number of thiophene rings is 1. The molecule has 0 atom stereocenters. The van der Waals surface area contributed by atoms with Crippen LogP contribution in [-0.2, 0) is 12.3 Å². The molecule has 7 heteroatoms. The molecule has 4 rings (SSSR count). The predicted molar refractivity (Wildman–Crippen MR) is 105 cm³/mol. The largest absolute Gasteiger partial charge is 0.347 e. The summed E-state index contributed by atoms with van der Waals surface area (Å²) in [6.07, 6.45) is 3.51. The second-order valence-electron chi connectivity index (χ2n) is 5.68. The van der Waals surface area contributed by atoms with Crippen LogP contribution in [0.15, 0.2) is 65.4 Å². The fourth-order valence-corrected chi connectivity index (χ4v) is 3.97. The smallest absolute Gasteiger partial charge is 0.251 e. The van der Waals surface area contributed by atoms with Crippen molar-refractivity contribution in [2.75, 3.05) is 0 Å². The maximum absolute atomic E-state index is 12.2. The van der Waals surface area contributed by atoms with Crippen LogP contribution in [0.25, 0.3) is 11.0 Å². The van der Waals surface area contributed by atoms with Crippen LogP contribution in [-0.4, -0.2) is 20.9 Å². The normalized spacial score (nSPS) is 10.9. The molecule has 1 amide bonds. The van der Waals surface area contributed by atoms with Gasteiger partial charge in [0.05, 0.1) is 23.8 Å². The summed E-state index contributed by atoms with van der Waals surface area (Å²) < 4.78 is 0. The van der Waals surface area contributed by atoms with E-state index in [0.717, 1.165) is 32.4 Å². The Balaban J connectivity index is 1.34. The number of rotatable bonds is 6. The number of aromatic nitrogens is 3. The zero-order valence-corrected chi connectivity index (χ0v) is 15.4. The molecule has 0 saturated carbocycles. The van der Waals surface area contributed by atoms with Gasteiger partial charge in [0.25, 0.3) is 5.91 Å². The number of amides is 1. The van der Waals surface area contributed by atoms with E-state index in [1.54, 1.807) is 35.5 Å². The van der Waals surface area contributed by atoms with E-state index >= 15 is 0 Å². The lowest BCUT2D eigenvalue weighted by Gasteiger charge is -2.05. The van der Waals surface area contributed by atoms with Gasteiger partial charge in [-0.25, -0.2) is 4.98 Å². The van der Waals surface area contributed by atoms with Crippen molar-refractivity contribution in [2.24, 2.45) is 0 Å². The number of H-pyrrole nitrogens is 1. The molecular formula is C19H16N4OS2. The molecule has 4 aromatic rings. The Morgan fingerprint density at radius 1 is 1.19 bits per heavy atom. The Morgan fingerprint density at radius 3 is 2.85 bits per heavy atom.